The molecular weight excluding hydrogens is 472 g/mol. The van der Waals surface area contributed by atoms with Crippen LogP contribution in [0.3, 0.4) is 0 Å². The van der Waals surface area contributed by atoms with Gasteiger partial charge in [-0.25, -0.2) is 9.78 Å². The third-order valence-corrected chi connectivity index (χ3v) is 7.08. The largest absolute Gasteiger partial charge is 0.465 e. The number of nitrogens with zero attached hydrogens (tertiary/aromatic N) is 2. The van der Waals surface area contributed by atoms with Gasteiger partial charge in [0, 0.05) is 33.8 Å². The van der Waals surface area contributed by atoms with E-state index in [1.165, 1.54) is 11.3 Å². The van der Waals surface area contributed by atoms with Crippen molar-refractivity contribution in [1.82, 2.24) is 4.98 Å². The van der Waals surface area contributed by atoms with Gasteiger partial charge < -0.3 is 9.47 Å². The molecule has 1 aromatic heterocycles. The molecule has 1 aliphatic rings. The first-order valence-corrected chi connectivity index (χ1v) is 12.9. The van der Waals surface area contributed by atoms with E-state index in [1.54, 1.807) is 20.8 Å². The molecule has 2 unspecified atom stereocenters. The highest BCUT2D eigenvalue weighted by Gasteiger charge is 2.43. The summed E-state index contributed by atoms with van der Waals surface area (Å²) in [6.07, 6.45) is 0. The zero-order valence-corrected chi connectivity index (χ0v) is 22.0. The monoisotopic (exact) mass is 502 g/mol. The minimum absolute atomic E-state index is 0.225. The number of ether oxygens (including phenoxy) is 2. The second-order valence-corrected chi connectivity index (χ2v) is 9.53. The molecule has 2 aromatic carbocycles. The molecule has 0 spiro atoms. The lowest BCUT2D eigenvalue weighted by Crippen LogP contribution is -2.36. The molecule has 6 nitrogen and oxygen atoms in total. The van der Waals surface area contributed by atoms with Gasteiger partial charge in [-0.3, -0.25) is 9.79 Å². The Balaban J connectivity index is 1.87. The first-order chi connectivity index (χ1) is 17.3. The predicted molar refractivity (Wildman–Crippen MR) is 143 cm³/mol. The zero-order valence-electron chi connectivity index (χ0n) is 21.2. The van der Waals surface area contributed by atoms with E-state index in [2.05, 4.69) is 24.0 Å². The summed E-state index contributed by atoms with van der Waals surface area (Å²) < 4.78 is 10.9. The SMILES string of the molecule is CCOC(=O)C1=C(C)N=C(C)C(C(=O)OCC)C1c1ccccc1-c1nc(-c2cccc(C)c2)cs1. The number of hydrogen-bond acceptors (Lipinski definition) is 7. The number of aromatic nitrogens is 1. The third-order valence-electron chi connectivity index (χ3n) is 6.21. The number of aliphatic imine (C=N–C) groups is 1. The Hall–Kier alpha value is -3.58. The van der Waals surface area contributed by atoms with E-state index in [0.29, 0.717) is 17.0 Å². The predicted octanol–water partition coefficient (Wildman–Crippen LogP) is 6.36. The first kappa shape index (κ1) is 25.5. The lowest BCUT2D eigenvalue weighted by Gasteiger charge is -2.32. The van der Waals surface area contributed by atoms with Crippen molar-refractivity contribution in [3.63, 3.8) is 0 Å². The fraction of sp³-hybridized carbons (Fsp3) is 0.310. The van der Waals surface area contributed by atoms with Gasteiger partial charge in [0.1, 0.15) is 10.9 Å². The average molecular weight is 503 g/mol. The molecule has 0 fully saturated rings. The molecule has 0 aliphatic carbocycles. The van der Waals surface area contributed by atoms with Crippen LogP contribution in [0.15, 0.2) is 70.2 Å². The van der Waals surface area contributed by atoms with E-state index < -0.39 is 23.8 Å². The van der Waals surface area contributed by atoms with Gasteiger partial charge in [0.15, 0.2) is 0 Å². The van der Waals surface area contributed by atoms with Crippen molar-refractivity contribution in [2.24, 2.45) is 10.9 Å². The van der Waals surface area contributed by atoms with Gasteiger partial charge in [0.2, 0.25) is 0 Å². The van der Waals surface area contributed by atoms with Gasteiger partial charge in [-0.05, 0) is 46.2 Å². The number of rotatable bonds is 7. The fourth-order valence-electron chi connectivity index (χ4n) is 4.68. The lowest BCUT2D eigenvalue weighted by atomic mass is 9.74. The zero-order chi connectivity index (χ0) is 25.8. The summed E-state index contributed by atoms with van der Waals surface area (Å²) in [5, 5.41) is 2.84. The molecule has 0 amide bonds. The maximum absolute atomic E-state index is 13.2. The fourth-order valence-corrected chi connectivity index (χ4v) is 5.56. The van der Waals surface area contributed by atoms with Gasteiger partial charge in [0.25, 0.3) is 0 Å². The van der Waals surface area contributed by atoms with Crippen LogP contribution in [-0.2, 0) is 19.1 Å². The normalized spacial score (nSPS) is 17.5. The van der Waals surface area contributed by atoms with Gasteiger partial charge in [0.05, 0.1) is 24.5 Å². The highest BCUT2D eigenvalue weighted by atomic mass is 32.1. The number of aryl methyl sites for hydroxylation is 1. The Morgan fingerprint density at radius 2 is 1.72 bits per heavy atom. The van der Waals surface area contributed by atoms with E-state index in [-0.39, 0.29) is 13.2 Å². The van der Waals surface area contributed by atoms with E-state index >= 15 is 0 Å². The number of carbonyl (C=O) groups is 2. The number of thiazole rings is 1. The van der Waals surface area contributed by atoms with Crippen LogP contribution in [0.4, 0.5) is 0 Å². The number of hydrogen-bond donors (Lipinski definition) is 0. The molecule has 36 heavy (non-hydrogen) atoms. The van der Waals surface area contributed by atoms with Crippen LogP contribution in [0, 0.1) is 12.8 Å². The van der Waals surface area contributed by atoms with Crippen LogP contribution in [-0.4, -0.2) is 35.8 Å². The number of allylic oxidation sites excluding steroid dienone is 1. The van der Waals surface area contributed by atoms with Crippen molar-refractivity contribution in [3.05, 3.63) is 76.3 Å². The molecule has 0 N–H and O–H groups in total. The number of carbonyl (C=O) groups excluding carboxylic acids is 2. The summed E-state index contributed by atoms with van der Waals surface area (Å²) in [6.45, 7) is 9.64. The van der Waals surface area contributed by atoms with Crippen LogP contribution in [0.25, 0.3) is 21.8 Å². The van der Waals surface area contributed by atoms with Crippen molar-refractivity contribution in [2.45, 2.75) is 40.5 Å². The Kier molecular flexibility index (Phi) is 7.79. The van der Waals surface area contributed by atoms with Crippen molar-refractivity contribution >= 4 is 29.0 Å². The quantitative estimate of drug-likeness (QED) is 0.351. The maximum Gasteiger partial charge on any atom is 0.336 e. The first-order valence-electron chi connectivity index (χ1n) is 12.1. The van der Waals surface area contributed by atoms with E-state index in [4.69, 9.17) is 14.5 Å². The summed E-state index contributed by atoms with van der Waals surface area (Å²) >= 11 is 1.53. The smallest absolute Gasteiger partial charge is 0.336 e. The van der Waals surface area contributed by atoms with Crippen LogP contribution in [0.2, 0.25) is 0 Å². The average Bonchev–Trinajstić information content (AvgIpc) is 3.34. The van der Waals surface area contributed by atoms with Crippen molar-refractivity contribution in [1.29, 1.82) is 0 Å². The van der Waals surface area contributed by atoms with Crippen molar-refractivity contribution in [3.8, 4) is 21.8 Å². The Bertz CT molecular complexity index is 1350. The summed E-state index contributed by atoms with van der Waals surface area (Å²) in [6, 6.07) is 16.0. The topological polar surface area (TPSA) is 77.8 Å². The minimum atomic E-state index is -0.745. The van der Waals surface area contributed by atoms with E-state index in [9.17, 15) is 9.59 Å². The maximum atomic E-state index is 13.2. The van der Waals surface area contributed by atoms with E-state index in [1.807, 2.05) is 48.7 Å². The second-order valence-electron chi connectivity index (χ2n) is 8.67. The standard InChI is InChI=1S/C29H30N2O4S/c1-6-34-28(32)24-18(4)30-19(5)25(29(33)35-7-2)26(24)21-13-8-9-14-22(21)27-31-23(16-36-27)20-12-10-11-17(3)15-20/h8-16,24,26H,6-7H2,1-5H3. The molecule has 2 heterocycles. The second kappa shape index (κ2) is 11.0. The highest BCUT2D eigenvalue weighted by molar-refractivity contribution is 7.13. The van der Waals surface area contributed by atoms with Gasteiger partial charge in [-0.15, -0.1) is 11.3 Å². The summed E-state index contributed by atoms with van der Waals surface area (Å²) in [5.41, 5.74) is 6.31. The van der Waals surface area contributed by atoms with Crippen LogP contribution >= 0.6 is 11.3 Å². The molecule has 186 valence electrons. The molecule has 0 bridgehead atoms. The third kappa shape index (κ3) is 5.02. The van der Waals surface area contributed by atoms with Gasteiger partial charge >= 0.3 is 11.9 Å². The number of esters is 2. The molecule has 0 saturated heterocycles. The summed E-state index contributed by atoms with van der Waals surface area (Å²) in [4.78, 5) is 35.9. The van der Waals surface area contributed by atoms with Crippen molar-refractivity contribution < 1.29 is 19.1 Å². The molecule has 4 rings (SSSR count). The molecule has 0 radical (unpaired) electrons. The Morgan fingerprint density at radius 1 is 0.972 bits per heavy atom. The lowest BCUT2D eigenvalue weighted by molar-refractivity contribution is -0.146. The van der Waals surface area contributed by atoms with Crippen LogP contribution in [0.5, 0.6) is 0 Å². The molecular formula is C29H30N2O4S. The van der Waals surface area contributed by atoms with E-state index in [0.717, 1.165) is 33.0 Å². The molecule has 0 saturated carbocycles. The van der Waals surface area contributed by atoms with Crippen molar-refractivity contribution in [2.75, 3.05) is 13.2 Å². The van der Waals surface area contributed by atoms with Gasteiger partial charge in [-0.1, -0.05) is 48.0 Å². The molecule has 1 aliphatic heterocycles. The summed E-state index contributed by atoms with van der Waals surface area (Å²) in [7, 11) is 0. The minimum Gasteiger partial charge on any atom is -0.465 e. The molecule has 3 aromatic rings. The van der Waals surface area contributed by atoms with Crippen LogP contribution in [0.1, 0.15) is 44.7 Å². The molecule has 2 atom stereocenters. The number of benzene rings is 2. The molecule has 7 heteroatoms. The summed E-state index contributed by atoms with van der Waals surface area (Å²) in [5.74, 6) is -2.24. The van der Waals surface area contributed by atoms with Crippen LogP contribution < -0.4 is 0 Å². The Morgan fingerprint density at radius 3 is 2.44 bits per heavy atom. The highest BCUT2D eigenvalue weighted by Crippen LogP contribution is 2.44. The van der Waals surface area contributed by atoms with Gasteiger partial charge in [-0.2, -0.15) is 0 Å². The Labute approximate surface area is 215 Å².